The molecule has 1 heterocycles. The Balaban J connectivity index is 2.71. The highest BCUT2D eigenvalue weighted by molar-refractivity contribution is 5.84. The molecule has 0 aliphatic rings. The van der Waals surface area contributed by atoms with Gasteiger partial charge in [0.2, 0.25) is 5.91 Å². The average molecular weight is 220 g/mol. The molecule has 0 bridgehead atoms. The van der Waals surface area contributed by atoms with Crippen LogP contribution in [0.4, 0.5) is 0 Å². The molecule has 1 rings (SSSR count). The van der Waals surface area contributed by atoms with E-state index < -0.39 is 5.41 Å². The Labute approximate surface area is 95.5 Å². The van der Waals surface area contributed by atoms with Crippen LogP contribution in [0.5, 0.6) is 0 Å². The molecule has 0 fully saturated rings. The third-order valence-electron chi connectivity index (χ3n) is 2.77. The zero-order chi connectivity index (χ0) is 12.2. The van der Waals surface area contributed by atoms with E-state index in [1.54, 1.807) is 37.5 Å². The summed E-state index contributed by atoms with van der Waals surface area (Å²) in [5.41, 5.74) is -0.00868. The van der Waals surface area contributed by atoms with Crippen LogP contribution in [0.2, 0.25) is 0 Å². The van der Waals surface area contributed by atoms with Gasteiger partial charge in [-0.15, -0.1) is 0 Å². The Morgan fingerprint density at radius 2 is 2.38 bits per heavy atom. The van der Waals surface area contributed by atoms with E-state index in [1.807, 2.05) is 6.92 Å². The molecular weight excluding hydrogens is 204 g/mol. The van der Waals surface area contributed by atoms with Crippen LogP contribution in [0.25, 0.3) is 0 Å². The van der Waals surface area contributed by atoms with Gasteiger partial charge in [-0.3, -0.25) is 4.79 Å². The fourth-order valence-corrected chi connectivity index (χ4v) is 1.43. The predicted molar refractivity (Wildman–Crippen MR) is 59.2 cm³/mol. The first-order chi connectivity index (χ1) is 7.53. The van der Waals surface area contributed by atoms with Crippen molar-refractivity contribution < 1.29 is 9.21 Å². The minimum Gasteiger partial charge on any atom is -0.472 e. The van der Waals surface area contributed by atoms with Crippen LogP contribution in [0.15, 0.2) is 23.0 Å². The highest BCUT2D eigenvalue weighted by Gasteiger charge is 2.33. The summed E-state index contributed by atoms with van der Waals surface area (Å²) >= 11 is 0. The lowest BCUT2D eigenvalue weighted by Crippen LogP contribution is -2.38. The van der Waals surface area contributed by atoms with E-state index in [2.05, 4.69) is 6.07 Å². The van der Waals surface area contributed by atoms with Gasteiger partial charge in [-0.1, -0.05) is 6.92 Å². The Kier molecular flexibility index (Phi) is 3.73. The highest BCUT2D eigenvalue weighted by Crippen LogP contribution is 2.23. The minimum atomic E-state index is -0.932. The lowest BCUT2D eigenvalue weighted by Gasteiger charge is -2.25. The van der Waals surface area contributed by atoms with Crippen LogP contribution in [-0.4, -0.2) is 17.9 Å². The van der Waals surface area contributed by atoms with Gasteiger partial charge in [0.1, 0.15) is 5.41 Å². The number of hydrogen-bond donors (Lipinski definition) is 0. The van der Waals surface area contributed by atoms with Crippen molar-refractivity contribution in [3.63, 3.8) is 0 Å². The third-order valence-corrected chi connectivity index (χ3v) is 2.77. The number of furan rings is 1. The summed E-state index contributed by atoms with van der Waals surface area (Å²) < 4.78 is 4.93. The van der Waals surface area contributed by atoms with Crippen molar-refractivity contribution in [3.05, 3.63) is 24.2 Å². The van der Waals surface area contributed by atoms with E-state index in [0.29, 0.717) is 13.0 Å². The molecule has 86 valence electrons. The van der Waals surface area contributed by atoms with Gasteiger partial charge >= 0.3 is 0 Å². The summed E-state index contributed by atoms with van der Waals surface area (Å²) in [4.78, 5) is 13.6. The van der Waals surface area contributed by atoms with Gasteiger partial charge < -0.3 is 9.32 Å². The van der Waals surface area contributed by atoms with E-state index in [4.69, 9.17) is 9.68 Å². The van der Waals surface area contributed by atoms with E-state index in [-0.39, 0.29) is 5.91 Å². The van der Waals surface area contributed by atoms with E-state index in [0.717, 1.165) is 5.56 Å². The molecule has 4 nitrogen and oxygen atoms in total. The van der Waals surface area contributed by atoms with Gasteiger partial charge in [0.15, 0.2) is 0 Å². The van der Waals surface area contributed by atoms with Gasteiger partial charge in [-0.05, 0) is 19.4 Å². The first-order valence-electron chi connectivity index (χ1n) is 5.21. The molecule has 0 aliphatic carbocycles. The average Bonchev–Trinajstić information content (AvgIpc) is 2.79. The summed E-state index contributed by atoms with van der Waals surface area (Å²) in [5, 5.41) is 9.01. The van der Waals surface area contributed by atoms with Crippen LogP contribution < -0.4 is 0 Å². The van der Waals surface area contributed by atoms with Crippen LogP contribution in [0, 0.1) is 16.7 Å². The third kappa shape index (κ3) is 2.43. The number of hydrogen-bond acceptors (Lipinski definition) is 3. The lowest BCUT2D eigenvalue weighted by atomic mass is 9.88. The zero-order valence-corrected chi connectivity index (χ0v) is 9.86. The molecular formula is C12H16N2O2. The molecule has 1 amide bonds. The Morgan fingerprint density at radius 3 is 2.81 bits per heavy atom. The summed E-state index contributed by atoms with van der Waals surface area (Å²) in [6.07, 6.45) is 3.68. The predicted octanol–water partition coefficient (Wildman–Crippen LogP) is 2.18. The van der Waals surface area contributed by atoms with Gasteiger partial charge in [0.25, 0.3) is 0 Å². The fourth-order valence-electron chi connectivity index (χ4n) is 1.43. The monoisotopic (exact) mass is 220 g/mol. The number of carbonyl (C=O) groups excluding carboxylic acids is 1. The van der Waals surface area contributed by atoms with Crippen LogP contribution in [0.1, 0.15) is 25.8 Å². The zero-order valence-electron chi connectivity index (χ0n) is 9.86. The second-order valence-corrected chi connectivity index (χ2v) is 4.09. The topological polar surface area (TPSA) is 57.2 Å². The molecule has 1 unspecified atom stereocenters. The smallest absolute Gasteiger partial charge is 0.242 e. The Hall–Kier alpha value is -1.76. The van der Waals surface area contributed by atoms with Crippen LogP contribution in [-0.2, 0) is 11.3 Å². The molecule has 1 aromatic heterocycles. The fraction of sp³-hybridized carbons (Fsp3) is 0.500. The maximum Gasteiger partial charge on any atom is 0.242 e. The summed E-state index contributed by atoms with van der Waals surface area (Å²) in [5.74, 6) is -0.154. The lowest BCUT2D eigenvalue weighted by molar-refractivity contribution is -0.137. The normalized spacial score (nSPS) is 13.9. The maximum atomic E-state index is 12.0. The Bertz CT molecular complexity index is 392. The largest absolute Gasteiger partial charge is 0.472 e. The van der Waals surface area contributed by atoms with E-state index >= 15 is 0 Å². The van der Waals surface area contributed by atoms with Gasteiger partial charge in [0, 0.05) is 19.2 Å². The molecule has 1 atom stereocenters. The second kappa shape index (κ2) is 4.84. The Morgan fingerprint density at radius 1 is 1.69 bits per heavy atom. The quantitative estimate of drug-likeness (QED) is 0.781. The number of nitriles is 1. The second-order valence-electron chi connectivity index (χ2n) is 4.09. The first-order valence-corrected chi connectivity index (χ1v) is 5.21. The minimum absolute atomic E-state index is 0.154. The maximum absolute atomic E-state index is 12.0. The number of amides is 1. The van der Waals surface area contributed by atoms with Gasteiger partial charge in [-0.25, -0.2) is 0 Å². The standard InChI is InChI=1S/C12H16N2O2/c1-4-12(2,9-13)11(15)14(3)7-10-5-6-16-8-10/h5-6,8H,4,7H2,1-3H3. The first kappa shape index (κ1) is 12.3. The van der Waals surface area contributed by atoms with Crippen LogP contribution >= 0.6 is 0 Å². The summed E-state index contributed by atoms with van der Waals surface area (Å²) in [6, 6.07) is 3.88. The molecule has 0 aliphatic heterocycles. The molecule has 0 N–H and O–H groups in total. The molecule has 1 aromatic rings. The van der Waals surface area contributed by atoms with E-state index in [1.165, 1.54) is 0 Å². The SMILES string of the molecule is CCC(C)(C#N)C(=O)N(C)Cc1ccoc1. The van der Waals surface area contributed by atoms with Gasteiger partial charge in [-0.2, -0.15) is 5.26 Å². The summed E-state index contributed by atoms with van der Waals surface area (Å²) in [6.45, 7) is 3.97. The van der Waals surface area contributed by atoms with E-state index in [9.17, 15) is 4.79 Å². The van der Waals surface area contributed by atoms with Gasteiger partial charge in [0.05, 0.1) is 18.6 Å². The van der Waals surface area contributed by atoms with Crippen molar-refractivity contribution in [2.45, 2.75) is 26.8 Å². The molecule has 0 saturated heterocycles. The molecule has 0 spiro atoms. The summed E-state index contributed by atoms with van der Waals surface area (Å²) in [7, 11) is 1.70. The van der Waals surface area contributed by atoms with Crippen LogP contribution in [0.3, 0.4) is 0 Å². The van der Waals surface area contributed by atoms with Crippen molar-refractivity contribution in [2.24, 2.45) is 5.41 Å². The molecule has 0 saturated carbocycles. The van der Waals surface area contributed by atoms with Crippen molar-refractivity contribution in [1.82, 2.24) is 4.90 Å². The van der Waals surface area contributed by atoms with Crippen molar-refractivity contribution >= 4 is 5.91 Å². The number of nitrogens with zero attached hydrogens (tertiary/aromatic N) is 2. The molecule has 16 heavy (non-hydrogen) atoms. The van der Waals surface area contributed by atoms with Crippen molar-refractivity contribution in [3.8, 4) is 6.07 Å². The molecule has 0 radical (unpaired) electrons. The molecule has 0 aromatic carbocycles. The number of carbonyl (C=O) groups is 1. The van der Waals surface area contributed by atoms with Crippen molar-refractivity contribution in [2.75, 3.05) is 7.05 Å². The van der Waals surface area contributed by atoms with Crippen molar-refractivity contribution in [1.29, 1.82) is 5.26 Å². The number of rotatable bonds is 4. The highest BCUT2D eigenvalue weighted by atomic mass is 16.3. The molecule has 4 heteroatoms.